The minimum Gasteiger partial charge on any atom is -0.491 e. The number of esters is 1. The lowest BCUT2D eigenvalue weighted by molar-refractivity contribution is -0.145. The van der Waals surface area contributed by atoms with E-state index in [-0.39, 0.29) is 18.1 Å². The van der Waals surface area contributed by atoms with E-state index in [1.165, 1.54) is 0 Å². The quantitative estimate of drug-likeness (QED) is 0.779. The van der Waals surface area contributed by atoms with Gasteiger partial charge in [-0.2, -0.15) is 0 Å². The van der Waals surface area contributed by atoms with E-state index in [1.807, 2.05) is 45.0 Å². The Morgan fingerprint density at radius 3 is 2.45 bits per heavy atom. The molecule has 0 aromatic heterocycles. The average molecular weight is 277 g/mol. The number of carbonyl (C=O) groups is 1. The Labute approximate surface area is 120 Å². The van der Waals surface area contributed by atoms with E-state index in [4.69, 9.17) is 9.47 Å². The molecule has 1 aromatic rings. The van der Waals surface area contributed by atoms with Crippen molar-refractivity contribution in [3.63, 3.8) is 0 Å². The summed E-state index contributed by atoms with van der Waals surface area (Å²) >= 11 is 0. The van der Waals surface area contributed by atoms with Crippen LogP contribution in [0.5, 0.6) is 5.75 Å². The van der Waals surface area contributed by atoms with Crippen molar-refractivity contribution in [1.29, 1.82) is 0 Å². The van der Waals surface area contributed by atoms with Crippen LogP contribution >= 0.6 is 0 Å². The highest BCUT2D eigenvalue weighted by atomic mass is 16.5. The van der Waals surface area contributed by atoms with Crippen molar-refractivity contribution in [3.05, 3.63) is 29.8 Å². The second-order valence-corrected chi connectivity index (χ2v) is 5.36. The van der Waals surface area contributed by atoms with Crippen LogP contribution in [0.1, 0.15) is 45.2 Å². The minimum atomic E-state index is -0.379. The lowest BCUT2D eigenvalue weighted by atomic mass is 10.1. The topological polar surface area (TPSA) is 47.6 Å². The van der Waals surface area contributed by atoms with Crippen LogP contribution < -0.4 is 10.1 Å². The molecule has 1 N–H and O–H groups in total. The number of hydrogen-bond acceptors (Lipinski definition) is 4. The molecule has 0 aliphatic heterocycles. The standard InChI is InChI=1S/C16H23NO3/c1-4-19-16(18)15(17-13-7-8-13)12-5-9-14(10-6-12)20-11(2)3/h5-6,9-11,13,15,17H,4,7-8H2,1-3H3. The first-order valence-electron chi connectivity index (χ1n) is 7.29. The molecule has 1 fully saturated rings. The molecule has 0 spiro atoms. The smallest absolute Gasteiger partial charge is 0.327 e. The summed E-state index contributed by atoms with van der Waals surface area (Å²) in [5, 5.41) is 3.34. The van der Waals surface area contributed by atoms with Gasteiger partial charge in [-0.25, -0.2) is 4.79 Å². The molecule has 0 radical (unpaired) electrons. The van der Waals surface area contributed by atoms with E-state index in [1.54, 1.807) is 0 Å². The largest absolute Gasteiger partial charge is 0.491 e. The highest BCUT2D eigenvalue weighted by Gasteiger charge is 2.30. The van der Waals surface area contributed by atoms with E-state index in [0.717, 1.165) is 24.2 Å². The van der Waals surface area contributed by atoms with Crippen molar-refractivity contribution in [2.75, 3.05) is 6.61 Å². The molecule has 20 heavy (non-hydrogen) atoms. The third kappa shape index (κ3) is 4.23. The van der Waals surface area contributed by atoms with Crippen LogP contribution in [-0.2, 0) is 9.53 Å². The van der Waals surface area contributed by atoms with Gasteiger partial charge in [-0.3, -0.25) is 5.32 Å². The van der Waals surface area contributed by atoms with Gasteiger partial charge in [0.25, 0.3) is 0 Å². The number of rotatable bonds is 7. The van der Waals surface area contributed by atoms with Crippen LogP contribution in [-0.4, -0.2) is 24.7 Å². The Hall–Kier alpha value is -1.55. The molecule has 4 nitrogen and oxygen atoms in total. The summed E-state index contributed by atoms with van der Waals surface area (Å²) in [7, 11) is 0. The zero-order chi connectivity index (χ0) is 14.5. The summed E-state index contributed by atoms with van der Waals surface area (Å²) < 4.78 is 10.8. The van der Waals surface area contributed by atoms with Crippen molar-refractivity contribution in [2.24, 2.45) is 0 Å². The molecule has 110 valence electrons. The molecule has 2 rings (SSSR count). The van der Waals surface area contributed by atoms with Gasteiger partial charge in [0.15, 0.2) is 0 Å². The van der Waals surface area contributed by atoms with Crippen molar-refractivity contribution in [1.82, 2.24) is 5.32 Å². The fourth-order valence-electron chi connectivity index (χ4n) is 2.02. The van der Waals surface area contributed by atoms with Gasteiger partial charge < -0.3 is 9.47 Å². The monoisotopic (exact) mass is 277 g/mol. The summed E-state index contributed by atoms with van der Waals surface area (Å²) in [5.41, 5.74) is 0.923. The van der Waals surface area contributed by atoms with E-state index in [9.17, 15) is 4.79 Å². The number of ether oxygens (including phenoxy) is 2. The van der Waals surface area contributed by atoms with Gasteiger partial charge in [-0.05, 0) is 51.3 Å². The Balaban J connectivity index is 2.08. The molecular formula is C16H23NO3. The molecule has 0 bridgehead atoms. The molecule has 1 aliphatic carbocycles. The van der Waals surface area contributed by atoms with Crippen LogP contribution in [0.4, 0.5) is 0 Å². The van der Waals surface area contributed by atoms with Crippen molar-refractivity contribution >= 4 is 5.97 Å². The van der Waals surface area contributed by atoms with Gasteiger partial charge in [0.2, 0.25) is 0 Å². The summed E-state index contributed by atoms with van der Waals surface area (Å²) in [6.45, 7) is 6.20. The average Bonchev–Trinajstić information content (AvgIpc) is 3.21. The summed E-state index contributed by atoms with van der Waals surface area (Å²) in [6, 6.07) is 7.71. The molecule has 0 amide bonds. The maximum atomic E-state index is 12.1. The van der Waals surface area contributed by atoms with Gasteiger partial charge >= 0.3 is 5.97 Å². The number of benzene rings is 1. The van der Waals surface area contributed by atoms with E-state index in [0.29, 0.717) is 12.6 Å². The molecule has 0 saturated heterocycles. The third-order valence-electron chi connectivity index (χ3n) is 3.09. The number of hydrogen-bond donors (Lipinski definition) is 1. The Bertz CT molecular complexity index is 438. The third-order valence-corrected chi connectivity index (χ3v) is 3.09. The van der Waals surface area contributed by atoms with Crippen LogP contribution in [0.25, 0.3) is 0 Å². The lowest BCUT2D eigenvalue weighted by Gasteiger charge is -2.18. The molecule has 1 aliphatic rings. The summed E-state index contributed by atoms with van der Waals surface area (Å²) in [6.07, 6.45) is 2.40. The van der Waals surface area contributed by atoms with Gasteiger partial charge in [0, 0.05) is 6.04 Å². The SMILES string of the molecule is CCOC(=O)C(NC1CC1)c1ccc(OC(C)C)cc1. The Kier molecular flexibility index (Phi) is 5.01. The van der Waals surface area contributed by atoms with Crippen LogP contribution in [0.2, 0.25) is 0 Å². The van der Waals surface area contributed by atoms with Gasteiger partial charge in [-0.15, -0.1) is 0 Å². The van der Waals surface area contributed by atoms with Gasteiger partial charge in [0.05, 0.1) is 12.7 Å². The minimum absolute atomic E-state index is 0.145. The molecule has 0 heterocycles. The maximum absolute atomic E-state index is 12.1. The zero-order valence-corrected chi connectivity index (χ0v) is 12.4. The highest BCUT2D eigenvalue weighted by Crippen LogP contribution is 2.26. The summed E-state index contributed by atoms with van der Waals surface area (Å²) in [5.74, 6) is 0.606. The van der Waals surface area contributed by atoms with Crippen molar-refractivity contribution in [3.8, 4) is 5.75 Å². The molecule has 1 unspecified atom stereocenters. The highest BCUT2D eigenvalue weighted by molar-refractivity contribution is 5.77. The number of carbonyl (C=O) groups excluding carboxylic acids is 1. The van der Waals surface area contributed by atoms with Crippen LogP contribution in [0.15, 0.2) is 24.3 Å². The van der Waals surface area contributed by atoms with E-state index >= 15 is 0 Å². The normalized spacial score (nSPS) is 16.0. The maximum Gasteiger partial charge on any atom is 0.327 e. The predicted octanol–water partition coefficient (Wildman–Crippen LogP) is 2.83. The fourth-order valence-corrected chi connectivity index (χ4v) is 2.02. The van der Waals surface area contributed by atoms with E-state index in [2.05, 4.69) is 5.32 Å². The second-order valence-electron chi connectivity index (χ2n) is 5.36. The van der Waals surface area contributed by atoms with Gasteiger partial charge in [-0.1, -0.05) is 12.1 Å². The first-order valence-corrected chi connectivity index (χ1v) is 7.29. The molecule has 1 atom stereocenters. The van der Waals surface area contributed by atoms with Crippen molar-refractivity contribution in [2.45, 2.75) is 51.8 Å². The molecular weight excluding hydrogens is 254 g/mol. The van der Waals surface area contributed by atoms with E-state index < -0.39 is 0 Å². The number of nitrogens with one attached hydrogen (secondary N) is 1. The van der Waals surface area contributed by atoms with Gasteiger partial charge in [0.1, 0.15) is 11.8 Å². The van der Waals surface area contributed by atoms with Crippen LogP contribution in [0, 0.1) is 0 Å². The lowest BCUT2D eigenvalue weighted by Crippen LogP contribution is -2.31. The molecule has 1 aromatic carbocycles. The first-order chi connectivity index (χ1) is 9.60. The Morgan fingerprint density at radius 2 is 1.95 bits per heavy atom. The Morgan fingerprint density at radius 1 is 1.30 bits per heavy atom. The second kappa shape index (κ2) is 6.75. The summed E-state index contributed by atoms with van der Waals surface area (Å²) in [4.78, 5) is 12.1. The van der Waals surface area contributed by atoms with Crippen LogP contribution in [0.3, 0.4) is 0 Å². The fraction of sp³-hybridized carbons (Fsp3) is 0.562. The first kappa shape index (κ1) is 14.9. The van der Waals surface area contributed by atoms with Crippen molar-refractivity contribution < 1.29 is 14.3 Å². The predicted molar refractivity (Wildman–Crippen MR) is 77.7 cm³/mol. The molecule has 1 saturated carbocycles. The zero-order valence-electron chi connectivity index (χ0n) is 12.4. The molecule has 4 heteroatoms.